The van der Waals surface area contributed by atoms with Crippen LogP contribution < -0.4 is 4.74 Å². The fourth-order valence-electron chi connectivity index (χ4n) is 5.34. The van der Waals surface area contributed by atoms with Crippen LogP contribution in [0.15, 0.2) is 42.9 Å². The summed E-state index contributed by atoms with van der Waals surface area (Å²) in [4.78, 5) is 38.5. The second-order valence-corrected chi connectivity index (χ2v) is 8.86. The van der Waals surface area contributed by atoms with Gasteiger partial charge in [0.15, 0.2) is 0 Å². The summed E-state index contributed by atoms with van der Waals surface area (Å²) in [5.41, 5.74) is 1.58. The van der Waals surface area contributed by atoms with Crippen molar-refractivity contribution in [2.24, 2.45) is 11.8 Å². The van der Waals surface area contributed by atoms with Crippen molar-refractivity contribution in [3.63, 3.8) is 0 Å². The molecule has 2 aliphatic heterocycles. The van der Waals surface area contributed by atoms with Crippen molar-refractivity contribution < 1.29 is 14.3 Å². The quantitative estimate of drug-likeness (QED) is 0.760. The number of aromatic nitrogens is 2. The number of piperidine rings is 1. The Morgan fingerprint density at radius 3 is 2.52 bits per heavy atom. The van der Waals surface area contributed by atoms with E-state index in [-0.39, 0.29) is 29.7 Å². The zero-order valence-electron chi connectivity index (χ0n) is 17.8. The lowest BCUT2D eigenvalue weighted by molar-refractivity contribution is -0.139. The lowest BCUT2D eigenvalue weighted by atomic mass is 9.81. The Kier molecular flexibility index (Phi) is 5.34. The van der Waals surface area contributed by atoms with Crippen molar-refractivity contribution in [1.82, 2.24) is 19.8 Å². The van der Waals surface area contributed by atoms with Crippen LogP contribution in [0.25, 0.3) is 0 Å². The standard InChI is InChI=1S/C24H28N4O3/c1-31-18-7-5-16(6-8-18)19-15-28(23(29)17-3-2-4-17)22-9-12-27(14-20(19)22)24(30)21-13-25-10-11-26-21/h5-8,10-11,13,17,19-20,22H,2-4,9,12,14-15H2,1H3/t19-,20-,22-/m0/s1. The maximum absolute atomic E-state index is 13.2. The molecule has 1 aliphatic carbocycles. The molecule has 2 saturated heterocycles. The molecule has 0 N–H and O–H groups in total. The summed E-state index contributed by atoms with van der Waals surface area (Å²) in [7, 11) is 1.66. The van der Waals surface area contributed by atoms with Crippen LogP contribution in [0.1, 0.15) is 47.7 Å². The van der Waals surface area contributed by atoms with Gasteiger partial charge in [-0.15, -0.1) is 0 Å². The zero-order valence-corrected chi connectivity index (χ0v) is 17.8. The van der Waals surface area contributed by atoms with Gasteiger partial charge in [0.05, 0.1) is 13.3 Å². The van der Waals surface area contributed by atoms with Crippen LogP contribution in [0, 0.1) is 11.8 Å². The van der Waals surface area contributed by atoms with Gasteiger partial charge in [0.1, 0.15) is 11.4 Å². The molecule has 0 spiro atoms. The maximum Gasteiger partial charge on any atom is 0.274 e. The second kappa shape index (κ2) is 8.29. The lowest BCUT2D eigenvalue weighted by Gasteiger charge is -2.40. The van der Waals surface area contributed by atoms with Crippen LogP contribution in [0.4, 0.5) is 0 Å². The summed E-state index contributed by atoms with van der Waals surface area (Å²) in [6.45, 7) is 2.00. The Labute approximate surface area is 182 Å². The average Bonchev–Trinajstić information content (AvgIpc) is 3.17. The van der Waals surface area contributed by atoms with Crippen LogP contribution in [0.3, 0.4) is 0 Å². The number of methoxy groups -OCH3 is 1. The Morgan fingerprint density at radius 2 is 1.87 bits per heavy atom. The number of amides is 2. The molecule has 1 saturated carbocycles. The SMILES string of the molecule is COc1ccc([C@@H]2CN(C(=O)C3CCC3)[C@H]3CCN(C(=O)c4cnccn4)C[C@@H]23)cc1. The normalized spacial score (nSPS) is 25.6. The minimum absolute atomic E-state index is 0.0798. The van der Waals surface area contributed by atoms with Crippen LogP contribution in [0.5, 0.6) is 5.75 Å². The molecule has 3 aliphatic rings. The van der Waals surface area contributed by atoms with Crippen molar-refractivity contribution >= 4 is 11.8 Å². The summed E-state index contributed by atoms with van der Waals surface area (Å²) in [5, 5.41) is 0. The average molecular weight is 421 g/mol. The molecule has 162 valence electrons. The number of benzene rings is 1. The summed E-state index contributed by atoms with van der Waals surface area (Å²) in [6, 6.07) is 8.34. The smallest absolute Gasteiger partial charge is 0.274 e. The van der Waals surface area contributed by atoms with Gasteiger partial charge in [0.25, 0.3) is 5.91 Å². The first-order valence-corrected chi connectivity index (χ1v) is 11.2. The summed E-state index contributed by atoms with van der Waals surface area (Å²) in [5.74, 6) is 1.66. The number of carbonyl (C=O) groups excluding carboxylic acids is 2. The molecular formula is C24H28N4O3. The van der Waals surface area contributed by atoms with E-state index in [1.165, 1.54) is 11.8 Å². The van der Waals surface area contributed by atoms with Crippen LogP contribution in [0.2, 0.25) is 0 Å². The lowest BCUT2D eigenvalue weighted by Crippen LogP contribution is -2.51. The minimum Gasteiger partial charge on any atom is -0.497 e. The first-order valence-electron chi connectivity index (χ1n) is 11.2. The molecule has 3 fully saturated rings. The van der Waals surface area contributed by atoms with E-state index in [9.17, 15) is 9.59 Å². The van der Waals surface area contributed by atoms with Gasteiger partial charge in [0.2, 0.25) is 5.91 Å². The van der Waals surface area contributed by atoms with Gasteiger partial charge < -0.3 is 14.5 Å². The van der Waals surface area contributed by atoms with E-state index in [1.807, 2.05) is 17.0 Å². The predicted molar refractivity (Wildman–Crippen MR) is 115 cm³/mol. The number of hydrogen-bond acceptors (Lipinski definition) is 5. The first-order chi connectivity index (χ1) is 15.2. The highest BCUT2D eigenvalue weighted by molar-refractivity contribution is 5.92. The third-order valence-corrected chi connectivity index (χ3v) is 7.28. The summed E-state index contributed by atoms with van der Waals surface area (Å²) < 4.78 is 5.32. The molecule has 1 aromatic carbocycles. The molecule has 7 heteroatoms. The molecule has 0 unspecified atom stereocenters. The van der Waals surface area contributed by atoms with Crippen molar-refractivity contribution in [2.75, 3.05) is 26.7 Å². The number of ether oxygens (including phenoxy) is 1. The Hall–Kier alpha value is -2.96. The highest BCUT2D eigenvalue weighted by Gasteiger charge is 2.49. The highest BCUT2D eigenvalue weighted by Crippen LogP contribution is 2.44. The van der Waals surface area contributed by atoms with E-state index in [2.05, 4.69) is 27.0 Å². The largest absolute Gasteiger partial charge is 0.497 e. The zero-order chi connectivity index (χ0) is 21.4. The monoisotopic (exact) mass is 420 g/mol. The van der Waals surface area contributed by atoms with Gasteiger partial charge in [-0.25, -0.2) is 4.98 Å². The predicted octanol–water partition coefficient (Wildman–Crippen LogP) is 2.74. The van der Waals surface area contributed by atoms with Crippen molar-refractivity contribution in [2.45, 2.75) is 37.6 Å². The van der Waals surface area contributed by atoms with Gasteiger partial charge in [-0.05, 0) is 37.0 Å². The van der Waals surface area contributed by atoms with Crippen LogP contribution in [-0.2, 0) is 4.79 Å². The third kappa shape index (κ3) is 3.66. The van der Waals surface area contributed by atoms with E-state index in [1.54, 1.807) is 19.5 Å². The Morgan fingerprint density at radius 1 is 1.06 bits per heavy atom. The van der Waals surface area contributed by atoms with Crippen molar-refractivity contribution in [1.29, 1.82) is 0 Å². The van der Waals surface area contributed by atoms with Gasteiger partial charge in [-0.1, -0.05) is 18.6 Å². The summed E-state index contributed by atoms with van der Waals surface area (Å²) >= 11 is 0. The van der Waals surface area contributed by atoms with E-state index in [0.29, 0.717) is 24.7 Å². The van der Waals surface area contributed by atoms with Crippen LogP contribution >= 0.6 is 0 Å². The topological polar surface area (TPSA) is 75.6 Å². The molecule has 2 amide bonds. The molecule has 31 heavy (non-hydrogen) atoms. The number of rotatable bonds is 4. The van der Waals surface area contributed by atoms with Gasteiger partial charge >= 0.3 is 0 Å². The fraction of sp³-hybridized carbons (Fsp3) is 0.500. The molecule has 3 heterocycles. The van der Waals surface area contributed by atoms with E-state index >= 15 is 0 Å². The molecule has 0 bridgehead atoms. The number of likely N-dealkylation sites (tertiary alicyclic amines) is 2. The highest BCUT2D eigenvalue weighted by atomic mass is 16.5. The molecule has 3 atom stereocenters. The Balaban J connectivity index is 1.41. The number of hydrogen-bond donors (Lipinski definition) is 0. The van der Waals surface area contributed by atoms with Gasteiger partial charge in [-0.2, -0.15) is 0 Å². The number of fused-ring (bicyclic) bond motifs is 1. The molecule has 0 radical (unpaired) electrons. The van der Waals surface area contributed by atoms with E-state index in [0.717, 1.165) is 38.0 Å². The van der Waals surface area contributed by atoms with Gasteiger partial charge in [0, 0.05) is 55.8 Å². The molecule has 2 aromatic rings. The molecular weight excluding hydrogens is 392 g/mol. The Bertz CT molecular complexity index is 945. The van der Waals surface area contributed by atoms with Crippen molar-refractivity contribution in [3.8, 4) is 5.75 Å². The number of carbonyl (C=O) groups is 2. The van der Waals surface area contributed by atoms with E-state index in [4.69, 9.17) is 4.74 Å². The molecule has 1 aromatic heterocycles. The number of nitrogens with zero attached hydrogens (tertiary/aromatic N) is 4. The van der Waals surface area contributed by atoms with E-state index < -0.39 is 0 Å². The fourth-order valence-corrected chi connectivity index (χ4v) is 5.34. The minimum atomic E-state index is -0.0798. The maximum atomic E-state index is 13.2. The van der Waals surface area contributed by atoms with Crippen LogP contribution in [-0.4, -0.2) is 64.4 Å². The molecule has 5 rings (SSSR count). The summed E-state index contributed by atoms with van der Waals surface area (Å²) in [6.07, 6.45) is 8.63. The third-order valence-electron chi connectivity index (χ3n) is 7.28. The van der Waals surface area contributed by atoms with Gasteiger partial charge in [-0.3, -0.25) is 14.6 Å². The first kappa shape index (κ1) is 20.0. The van der Waals surface area contributed by atoms with Crippen molar-refractivity contribution in [3.05, 3.63) is 54.1 Å². The second-order valence-electron chi connectivity index (χ2n) is 8.86. The molecule has 7 nitrogen and oxygen atoms in total.